The van der Waals surface area contributed by atoms with Crippen LogP contribution in [-0.4, -0.2) is 12.0 Å². The van der Waals surface area contributed by atoms with E-state index in [1.165, 1.54) is 23.1 Å². The van der Waals surface area contributed by atoms with Crippen LogP contribution < -0.4 is 5.73 Å². The Morgan fingerprint density at radius 3 is 2.55 bits per heavy atom. The molecule has 22 heavy (non-hydrogen) atoms. The summed E-state index contributed by atoms with van der Waals surface area (Å²) in [7, 11) is 0. The van der Waals surface area contributed by atoms with Crippen LogP contribution in [0.2, 0.25) is 0 Å². The number of nitrogen functional groups attached to an aromatic ring is 1. The van der Waals surface area contributed by atoms with Crippen molar-refractivity contribution < 1.29 is 4.79 Å². The molecule has 1 aromatic heterocycles. The van der Waals surface area contributed by atoms with Crippen molar-refractivity contribution in [1.82, 2.24) is 0 Å². The van der Waals surface area contributed by atoms with Gasteiger partial charge < -0.3 is 5.73 Å². The van der Waals surface area contributed by atoms with Crippen LogP contribution in [-0.2, 0) is 0 Å². The Morgan fingerprint density at radius 1 is 1.23 bits per heavy atom. The minimum atomic E-state index is -0.126. The molecule has 0 unspecified atom stereocenters. The van der Waals surface area contributed by atoms with Crippen LogP contribution >= 0.6 is 23.1 Å². The number of hydrogen-bond donors (Lipinski definition) is 1. The average Bonchev–Trinajstić information content (AvgIpc) is 3.08. The summed E-state index contributed by atoms with van der Waals surface area (Å²) in [6.45, 7) is 0. The number of nitrogens with zero attached hydrogens (tertiary/aromatic N) is 1. The molecule has 5 heteroatoms. The topological polar surface area (TPSA) is 66.9 Å². The van der Waals surface area contributed by atoms with E-state index in [0.717, 1.165) is 10.8 Å². The predicted molar refractivity (Wildman–Crippen MR) is 92.6 cm³/mol. The fourth-order valence-electron chi connectivity index (χ4n) is 2.51. The van der Waals surface area contributed by atoms with Crippen LogP contribution in [0.4, 0.5) is 5.69 Å². The van der Waals surface area contributed by atoms with E-state index in [1.807, 2.05) is 42.0 Å². The summed E-state index contributed by atoms with van der Waals surface area (Å²) >= 11 is 2.76. The first-order chi connectivity index (χ1) is 10.7. The first kappa shape index (κ1) is 14.6. The van der Waals surface area contributed by atoms with Gasteiger partial charge in [-0.2, -0.15) is 5.26 Å². The quantitative estimate of drug-likeness (QED) is 0.443. The maximum atomic E-state index is 12.8. The number of anilines is 1. The number of fused-ring (bicyclic) bond motifs is 1. The summed E-state index contributed by atoms with van der Waals surface area (Å²) in [6, 6.07) is 13.3. The maximum Gasteiger partial charge on any atom is 0.206 e. The van der Waals surface area contributed by atoms with Crippen LogP contribution in [0.15, 0.2) is 46.7 Å². The third-order valence-electron chi connectivity index (χ3n) is 3.50. The molecule has 3 nitrogen and oxygen atoms in total. The van der Waals surface area contributed by atoms with Gasteiger partial charge in [0.25, 0.3) is 0 Å². The van der Waals surface area contributed by atoms with E-state index in [4.69, 9.17) is 5.73 Å². The molecule has 0 aliphatic heterocycles. The smallest absolute Gasteiger partial charge is 0.206 e. The van der Waals surface area contributed by atoms with Crippen LogP contribution in [0.25, 0.3) is 10.8 Å². The molecule has 3 rings (SSSR count). The monoisotopic (exact) mass is 324 g/mol. The van der Waals surface area contributed by atoms with E-state index in [-0.39, 0.29) is 5.78 Å². The lowest BCUT2D eigenvalue weighted by Crippen LogP contribution is -2.08. The second-order valence-corrected chi connectivity index (χ2v) is 6.42. The Kier molecular flexibility index (Phi) is 3.88. The van der Waals surface area contributed by atoms with E-state index in [0.29, 0.717) is 26.6 Å². The molecule has 3 aromatic rings. The van der Waals surface area contributed by atoms with Crippen molar-refractivity contribution in [3.8, 4) is 6.07 Å². The van der Waals surface area contributed by atoms with Gasteiger partial charge in [-0.25, -0.2) is 0 Å². The lowest BCUT2D eigenvalue weighted by Gasteiger charge is -2.15. The first-order valence-corrected chi connectivity index (χ1v) is 8.66. The van der Waals surface area contributed by atoms with Crippen LogP contribution in [0, 0.1) is 11.3 Å². The number of hydrogen-bond acceptors (Lipinski definition) is 5. The number of benzene rings is 2. The molecule has 108 valence electrons. The standard InChI is InChI=1S/C17H12N2OS2/c1-21-17-12(9-18)10-5-2-3-6-11(10)15(19)14(17)16(20)13-7-4-8-22-13/h2-8H,19H2,1H3. The molecule has 0 amide bonds. The van der Waals surface area contributed by atoms with Crippen molar-refractivity contribution in [3.63, 3.8) is 0 Å². The molecule has 2 N–H and O–H groups in total. The SMILES string of the molecule is CSc1c(C(=O)c2cccs2)c(N)c2ccccc2c1C#N. The van der Waals surface area contributed by atoms with Gasteiger partial charge in [0.1, 0.15) is 6.07 Å². The van der Waals surface area contributed by atoms with Crippen LogP contribution in [0.5, 0.6) is 0 Å². The Bertz CT molecular complexity index is 909. The molecule has 0 radical (unpaired) electrons. The summed E-state index contributed by atoms with van der Waals surface area (Å²) < 4.78 is 0. The lowest BCUT2D eigenvalue weighted by molar-refractivity contribution is 0.104. The number of rotatable bonds is 3. The van der Waals surface area contributed by atoms with Crippen molar-refractivity contribution >= 4 is 45.3 Å². The fraction of sp³-hybridized carbons (Fsp3) is 0.0588. The van der Waals surface area contributed by atoms with Crippen LogP contribution in [0.1, 0.15) is 20.8 Å². The first-order valence-electron chi connectivity index (χ1n) is 6.55. The van der Waals surface area contributed by atoms with Gasteiger partial charge in [-0.3, -0.25) is 4.79 Å². The number of carbonyl (C=O) groups excluding carboxylic acids is 1. The minimum absolute atomic E-state index is 0.126. The van der Waals surface area contributed by atoms with Gasteiger partial charge in [-0.05, 0) is 17.7 Å². The summed E-state index contributed by atoms with van der Waals surface area (Å²) in [5.41, 5.74) is 7.68. The normalized spacial score (nSPS) is 10.5. The van der Waals surface area contributed by atoms with Crippen molar-refractivity contribution in [3.05, 3.63) is 57.8 Å². The highest BCUT2D eigenvalue weighted by Gasteiger charge is 2.23. The Hall–Kier alpha value is -2.29. The van der Waals surface area contributed by atoms with Gasteiger partial charge in [0.15, 0.2) is 0 Å². The third-order valence-corrected chi connectivity index (χ3v) is 5.18. The van der Waals surface area contributed by atoms with E-state index in [1.54, 1.807) is 6.07 Å². The van der Waals surface area contributed by atoms with E-state index < -0.39 is 0 Å². The molecule has 0 saturated carbocycles. The molecule has 0 atom stereocenters. The molecule has 0 aliphatic carbocycles. The highest BCUT2D eigenvalue weighted by Crippen LogP contribution is 2.38. The number of carbonyl (C=O) groups is 1. The molecule has 0 aliphatic rings. The summed E-state index contributed by atoms with van der Waals surface area (Å²) in [4.78, 5) is 14.1. The lowest BCUT2D eigenvalue weighted by atomic mass is 9.96. The third kappa shape index (κ3) is 2.17. The van der Waals surface area contributed by atoms with Gasteiger partial charge in [0.2, 0.25) is 5.78 Å². The highest BCUT2D eigenvalue weighted by molar-refractivity contribution is 7.98. The fourth-order valence-corrected chi connectivity index (χ4v) is 3.95. The molecule has 2 aromatic carbocycles. The number of thiophene rings is 1. The molecule has 0 spiro atoms. The minimum Gasteiger partial charge on any atom is -0.398 e. The number of thioether (sulfide) groups is 1. The zero-order chi connectivity index (χ0) is 15.7. The van der Waals surface area contributed by atoms with E-state index in [9.17, 15) is 10.1 Å². The summed E-state index contributed by atoms with van der Waals surface area (Å²) in [6.07, 6.45) is 1.86. The summed E-state index contributed by atoms with van der Waals surface area (Å²) in [5.74, 6) is -0.126. The number of nitriles is 1. The second kappa shape index (κ2) is 5.84. The van der Waals surface area contributed by atoms with Gasteiger partial charge in [0.05, 0.1) is 21.7 Å². The molecule has 0 fully saturated rings. The predicted octanol–water partition coefficient (Wildman–Crippen LogP) is 4.31. The Morgan fingerprint density at radius 2 is 1.95 bits per heavy atom. The van der Waals surface area contributed by atoms with E-state index >= 15 is 0 Å². The van der Waals surface area contributed by atoms with Crippen LogP contribution in [0.3, 0.4) is 0 Å². The van der Waals surface area contributed by atoms with Crippen molar-refractivity contribution in [1.29, 1.82) is 5.26 Å². The van der Waals surface area contributed by atoms with Gasteiger partial charge in [-0.15, -0.1) is 23.1 Å². The van der Waals surface area contributed by atoms with Crippen molar-refractivity contribution in [2.45, 2.75) is 4.90 Å². The highest BCUT2D eigenvalue weighted by atomic mass is 32.2. The largest absolute Gasteiger partial charge is 0.398 e. The maximum absolute atomic E-state index is 12.8. The van der Waals surface area contributed by atoms with Crippen molar-refractivity contribution in [2.75, 3.05) is 12.0 Å². The zero-order valence-corrected chi connectivity index (χ0v) is 13.4. The average molecular weight is 324 g/mol. The number of nitrogens with two attached hydrogens (primary N) is 1. The molecule has 0 bridgehead atoms. The zero-order valence-electron chi connectivity index (χ0n) is 11.8. The Balaban J connectivity index is 2.41. The molecule has 1 heterocycles. The molecular formula is C17H12N2OS2. The van der Waals surface area contributed by atoms with Gasteiger partial charge in [-0.1, -0.05) is 30.3 Å². The summed E-state index contributed by atoms with van der Waals surface area (Å²) in [5, 5.41) is 13.0. The molecular weight excluding hydrogens is 312 g/mol. The van der Waals surface area contributed by atoms with Crippen molar-refractivity contribution in [2.24, 2.45) is 0 Å². The van der Waals surface area contributed by atoms with Gasteiger partial charge in [0, 0.05) is 15.7 Å². The van der Waals surface area contributed by atoms with E-state index in [2.05, 4.69) is 6.07 Å². The van der Waals surface area contributed by atoms with Gasteiger partial charge >= 0.3 is 0 Å². The second-order valence-electron chi connectivity index (χ2n) is 4.66. The number of ketones is 1. The Labute approximate surface area is 136 Å². The molecule has 0 saturated heterocycles.